The van der Waals surface area contributed by atoms with E-state index in [1.807, 2.05) is 0 Å². The average Bonchev–Trinajstić information content (AvgIpc) is 2.19. The minimum Gasteiger partial charge on any atom is -0.412 e. The summed E-state index contributed by atoms with van der Waals surface area (Å²) < 4.78 is 5.73. The van der Waals surface area contributed by atoms with Gasteiger partial charge in [0.05, 0.1) is 6.10 Å². The molecule has 1 fully saturated rings. The van der Waals surface area contributed by atoms with Gasteiger partial charge >= 0.3 is 0 Å². The highest BCUT2D eigenvalue weighted by Gasteiger charge is 2.20. The normalized spacial score (nSPS) is 26.6. The Morgan fingerprint density at radius 2 is 1.93 bits per heavy atom. The third-order valence-corrected chi connectivity index (χ3v) is 2.72. The van der Waals surface area contributed by atoms with E-state index in [-0.39, 0.29) is 5.48 Å². The largest absolute Gasteiger partial charge is 0.412 e. The molecule has 2 nitrogen and oxygen atoms in total. The molecule has 14 heavy (non-hydrogen) atoms. The lowest BCUT2D eigenvalue weighted by Gasteiger charge is -2.27. The van der Waals surface area contributed by atoms with Gasteiger partial charge < -0.3 is 10.2 Å². The Morgan fingerprint density at radius 1 is 1.21 bits per heavy atom. The van der Waals surface area contributed by atoms with E-state index in [1.54, 1.807) is 0 Å². The average molecular weight is 194 g/mol. The van der Waals surface area contributed by atoms with Gasteiger partial charge in [0.2, 0.25) is 0 Å². The van der Waals surface area contributed by atoms with Crippen molar-refractivity contribution in [2.45, 2.75) is 25.9 Å². The van der Waals surface area contributed by atoms with Gasteiger partial charge in [0, 0.05) is 6.61 Å². The fourth-order valence-corrected chi connectivity index (χ4v) is 1.86. The first-order valence-corrected chi connectivity index (χ1v) is 5.03. The highest BCUT2D eigenvalue weighted by atomic mass is 16.5. The highest BCUT2D eigenvalue weighted by molar-refractivity contribution is 5.17. The molecule has 0 saturated carbocycles. The molecule has 2 rings (SSSR count). The summed E-state index contributed by atoms with van der Waals surface area (Å²) in [5.74, 6) is 0.805. The molecule has 0 bridgehead atoms. The lowest BCUT2D eigenvalue weighted by atomic mass is 9.94. The van der Waals surface area contributed by atoms with Crippen LogP contribution in [0.1, 0.15) is 31.4 Å². The molecule has 1 aromatic rings. The van der Waals surface area contributed by atoms with Gasteiger partial charge in [-0.3, -0.25) is 0 Å². The standard InChI is InChI=1S/C12H16O.H2O/c1-10-7-8-13-12(9-10)11-5-3-2-4-6-11;/h2-6,10,12H,7-9H2,1H3;1H2. The first-order chi connectivity index (χ1) is 6.36. The van der Waals surface area contributed by atoms with Crippen LogP contribution in [-0.4, -0.2) is 12.1 Å². The number of ether oxygens (including phenoxy) is 1. The number of rotatable bonds is 1. The fourth-order valence-electron chi connectivity index (χ4n) is 1.86. The number of benzene rings is 1. The molecule has 0 aliphatic carbocycles. The molecule has 2 unspecified atom stereocenters. The van der Waals surface area contributed by atoms with Crippen LogP contribution in [0.15, 0.2) is 30.3 Å². The Bertz CT molecular complexity index is 258. The minimum absolute atomic E-state index is 0. The van der Waals surface area contributed by atoms with E-state index in [2.05, 4.69) is 37.3 Å². The Kier molecular flexibility index (Phi) is 4.11. The second kappa shape index (κ2) is 5.13. The first-order valence-electron chi connectivity index (χ1n) is 5.03. The van der Waals surface area contributed by atoms with Crippen molar-refractivity contribution in [1.29, 1.82) is 0 Å². The van der Waals surface area contributed by atoms with E-state index in [9.17, 15) is 0 Å². The summed E-state index contributed by atoms with van der Waals surface area (Å²) in [6.07, 6.45) is 2.72. The number of hydrogen-bond donors (Lipinski definition) is 0. The monoisotopic (exact) mass is 194 g/mol. The molecule has 0 spiro atoms. The second-order valence-corrected chi connectivity index (χ2v) is 3.90. The van der Waals surface area contributed by atoms with Crippen LogP contribution in [0.3, 0.4) is 0 Å². The Labute approximate surface area is 85.2 Å². The molecule has 1 aromatic carbocycles. The van der Waals surface area contributed by atoms with Crippen molar-refractivity contribution in [3.8, 4) is 0 Å². The second-order valence-electron chi connectivity index (χ2n) is 3.90. The van der Waals surface area contributed by atoms with Crippen molar-refractivity contribution in [2.24, 2.45) is 5.92 Å². The molecular weight excluding hydrogens is 176 g/mol. The maximum absolute atomic E-state index is 5.73. The van der Waals surface area contributed by atoms with E-state index in [0.29, 0.717) is 6.10 Å². The molecule has 1 aliphatic rings. The summed E-state index contributed by atoms with van der Waals surface area (Å²) in [7, 11) is 0. The van der Waals surface area contributed by atoms with Gasteiger partial charge in [-0.15, -0.1) is 0 Å². The first kappa shape index (κ1) is 11.2. The van der Waals surface area contributed by atoms with E-state index >= 15 is 0 Å². The van der Waals surface area contributed by atoms with E-state index in [1.165, 1.54) is 18.4 Å². The van der Waals surface area contributed by atoms with Crippen molar-refractivity contribution in [1.82, 2.24) is 0 Å². The van der Waals surface area contributed by atoms with Crippen LogP contribution in [0.2, 0.25) is 0 Å². The smallest absolute Gasteiger partial charge is 0.0827 e. The van der Waals surface area contributed by atoms with Gasteiger partial charge in [0.25, 0.3) is 0 Å². The lowest BCUT2D eigenvalue weighted by molar-refractivity contribution is -0.00632. The van der Waals surface area contributed by atoms with Gasteiger partial charge in [-0.05, 0) is 24.3 Å². The summed E-state index contributed by atoms with van der Waals surface area (Å²) in [6.45, 7) is 3.22. The van der Waals surface area contributed by atoms with E-state index in [4.69, 9.17) is 4.74 Å². The maximum atomic E-state index is 5.73. The van der Waals surface area contributed by atoms with E-state index in [0.717, 1.165) is 12.5 Å². The molecule has 0 aromatic heterocycles. The quantitative estimate of drug-likeness (QED) is 0.676. The van der Waals surface area contributed by atoms with Crippen LogP contribution in [-0.2, 0) is 4.74 Å². The molecule has 0 amide bonds. The van der Waals surface area contributed by atoms with Crippen LogP contribution in [0.25, 0.3) is 0 Å². The molecular formula is C12H18O2. The molecule has 1 saturated heterocycles. The highest BCUT2D eigenvalue weighted by Crippen LogP contribution is 2.30. The third kappa shape index (κ3) is 2.56. The Hall–Kier alpha value is -0.860. The van der Waals surface area contributed by atoms with Gasteiger partial charge in [0.15, 0.2) is 0 Å². The molecule has 78 valence electrons. The summed E-state index contributed by atoms with van der Waals surface area (Å²) in [4.78, 5) is 0. The third-order valence-electron chi connectivity index (χ3n) is 2.72. The summed E-state index contributed by atoms with van der Waals surface area (Å²) in [5, 5.41) is 0. The van der Waals surface area contributed by atoms with Gasteiger partial charge in [-0.2, -0.15) is 0 Å². The van der Waals surface area contributed by atoms with Crippen LogP contribution in [0.5, 0.6) is 0 Å². The summed E-state index contributed by atoms with van der Waals surface area (Å²) >= 11 is 0. The topological polar surface area (TPSA) is 40.7 Å². The van der Waals surface area contributed by atoms with Crippen molar-refractivity contribution >= 4 is 0 Å². The number of hydrogen-bond acceptors (Lipinski definition) is 1. The molecule has 1 heterocycles. The Balaban J connectivity index is 0.000000980. The molecule has 1 aliphatic heterocycles. The van der Waals surface area contributed by atoms with Gasteiger partial charge in [0.1, 0.15) is 0 Å². The SMILES string of the molecule is CC1CCOC(c2ccccc2)C1.O. The Morgan fingerprint density at radius 3 is 2.57 bits per heavy atom. The van der Waals surface area contributed by atoms with Gasteiger partial charge in [-0.1, -0.05) is 37.3 Å². The summed E-state index contributed by atoms with van der Waals surface area (Å²) in [5.41, 5.74) is 1.33. The van der Waals surface area contributed by atoms with Crippen molar-refractivity contribution in [3.63, 3.8) is 0 Å². The molecule has 2 heteroatoms. The minimum atomic E-state index is 0. The predicted molar refractivity (Wildman–Crippen MR) is 57.1 cm³/mol. The summed E-state index contributed by atoms with van der Waals surface area (Å²) in [6, 6.07) is 10.5. The van der Waals surface area contributed by atoms with Crippen LogP contribution in [0, 0.1) is 5.92 Å². The maximum Gasteiger partial charge on any atom is 0.0827 e. The lowest BCUT2D eigenvalue weighted by Crippen LogP contribution is -2.17. The fraction of sp³-hybridized carbons (Fsp3) is 0.500. The zero-order chi connectivity index (χ0) is 9.10. The molecule has 0 radical (unpaired) electrons. The van der Waals surface area contributed by atoms with Crippen LogP contribution >= 0.6 is 0 Å². The van der Waals surface area contributed by atoms with Crippen molar-refractivity contribution in [2.75, 3.05) is 6.61 Å². The van der Waals surface area contributed by atoms with Crippen LogP contribution < -0.4 is 0 Å². The van der Waals surface area contributed by atoms with Crippen LogP contribution in [0.4, 0.5) is 0 Å². The zero-order valence-electron chi connectivity index (χ0n) is 8.57. The van der Waals surface area contributed by atoms with E-state index < -0.39 is 0 Å². The molecule has 2 atom stereocenters. The van der Waals surface area contributed by atoms with Crippen molar-refractivity contribution in [3.05, 3.63) is 35.9 Å². The molecule has 2 N–H and O–H groups in total. The zero-order valence-corrected chi connectivity index (χ0v) is 8.57. The predicted octanol–water partition coefficient (Wildman–Crippen LogP) is 2.35. The van der Waals surface area contributed by atoms with Crippen molar-refractivity contribution < 1.29 is 10.2 Å². The van der Waals surface area contributed by atoms with Gasteiger partial charge in [-0.25, -0.2) is 0 Å².